The molecule has 2 heteroatoms. The van der Waals surface area contributed by atoms with E-state index < -0.39 is 0 Å². The van der Waals surface area contributed by atoms with Crippen LogP contribution >= 0.6 is 27.7 Å². The van der Waals surface area contributed by atoms with Gasteiger partial charge < -0.3 is 0 Å². The number of thioether (sulfide) groups is 1. The van der Waals surface area contributed by atoms with E-state index in [1.165, 1.54) is 16.0 Å². The van der Waals surface area contributed by atoms with Crippen molar-refractivity contribution >= 4 is 27.7 Å². The molecule has 0 amide bonds. The third-order valence-electron chi connectivity index (χ3n) is 2.32. The third kappa shape index (κ3) is 3.39. The van der Waals surface area contributed by atoms with E-state index in [2.05, 4.69) is 71.4 Å². The van der Waals surface area contributed by atoms with Gasteiger partial charge in [0.15, 0.2) is 0 Å². The van der Waals surface area contributed by atoms with Crippen LogP contribution < -0.4 is 0 Å². The summed E-state index contributed by atoms with van der Waals surface area (Å²) in [5.74, 6) is 1.02. The average Bonchev–Trinajstić information content (AvgIpc) is 2.28. The van der Waals surface area contributed by atoms with E-state index in [0.29, 0.717) is 0 Å². The summed E-state index contributed by atoms with van der Waals surface area (Å²) in [7, 11) is 0. The normalized spacial score (nSPS) is 10.4. The maximum Gasteiger partial charge on any atom is 0.0232 e. The molecule has 2 rings (SSSR count). The molecule has 0 aliphatic carbocycles. The van der Waals surface area contributed by atoms with E-state index in [9.17, 15) is 0 Å². The Morgan fingerprint density at radius 1 is 1.06 bits per heavy atom. The number of hydrogen-bond donors (Lipinski definition) is 0. The standard InChI is InChI=1S/C14H13BrS/c1-11-5-7-14(8-6-11)16-10-12-3-2-4-13(15)9-12/h2-9H,10H2,1H3. The van der Waals surface area contributed by atoms with Crippen molar-refractivity contribution in [2.45, 2.75) is 17.6 Å². The average molecular weight is 293 g/mol. The van der Waals surface area contributed by atoms with E-state index in [4.69, 9.17) is 0 Å². The quantitative estimate of drug-likeness (QED) is 0.714. The summed E-state index contributed by atoms with van der Waals surface area (Å²) in [4.78, 5) is 1.32. The van der Waals surface area contributed by atoms with Crippen LogP contribution in [0.5, 0.6) is 0 Å². The Hall–Kier alpha value is -0.730. The first-order valence-electron chi connectivity index (χ1n) is 5.18. The molecule has 0 aliphatic heterocycles. The fraction of sp³-hybridized carbons (Fsp3) is 0.143. The van der Waals surface area contributed by atoms with Crippen LogP contribution in [0.3, 0.4) is 0 Å². The lowest BCUT2D eigenvalue weighted by Gasteiger charge is -2.03. The van der Waals surface area contributed by atoms with Crippen LogP contribution in [0.2, 0.25) is 0 Å². The van der Waals surface area contributed by atoms with E-state index in [1.54, 1.807) is 0 Å². The molecule has 0 aromatic heterocycles. The first-order chi connectivity index (χ1) is 7.74. The summed E-state index contributed by atoms with van der Waals surface area (Å²) in [5.41, 5.74) is 2.66. The summed E-state index contributed by atoms with van der Waals surface area (Å²) >= 11 is 5.36. The minimum Gasteiger partial charge on any atom is -0.121 e. The number of halogens is 1. The molecule has 0 atom stereocenters. The van der Waals surface area contributed by atoms with Gasteiger partial charge in [-0.15, -0.1) is 11.8 Å². The lowest BCUT2D eigenvalue weighted by Crippen LogP contribution is -1.80. The molecule has 0 unspecified atom stereocenters. The van der Waals surface area contributed by atoms with Gasteiger partial charge in [-0.05, 0) is 36.8 Å². The molecule has 0 fully saturated rings. The first-order valence-corrected chi connectivity index (χ1v) is 6.96. The molecule has 0 bridgehead atoms. The highest BCUT2D eigenvalue weighted by Crippen LogP contribution is 2.24. The maximum atomic E-state index is 3.49. The Balaban J connectivity index is 1.99. The van der Waals surface area contributed by atoms with Gasteiger partial charge in [-0.25, -0.2) is 0 Å². The van der Waals surface area contributed by atoms with Crippen molar-refractivity contribution in [2.24, 2.45) is 0 Å². The Morgan fingerprint density at radius 2 is 1.81 bits per heavy atom. The third-order valence-corrected chi connectivity index (χ3v) is 3.89. The van der Waals surface area contributed by atoms with Crippen molar-refractivity contribution < 1.29 is 0 Å². The van der Waals surface area contributed by atoms with Gasteiger partial charge in [0.2, 0.25) is 0 Å². The maximum absolute atomic E-state index is 3.49. The van der Waals surface area contributed by atoms with Crippen LogP contribution in [0.1, 0.15) is 11.1 Å². The number of aryl methyl sites for hydroxylation is 1. The minimum atomic E-state index is 1.02. The zero-order valence-corrected chi connectivity index (χ0v) is 11.5. The molecule has 2 aromatic carbocycles. The molecule has 16 heavy (non-hydrogen) atoms. The molecule has 0 aliphatic rings. The van der Waals surface area contributed by atoms with Crippen molar-refractivity contribution in [1.82, 2.24) is 0 Å². The summed E-state index contributed by atoms with van der Waals surface area (Å²) in [6, 6.07) is 17.1. The van der Waals surface area contributed by atoms with Crippen molar-refractivity contribution in [3.05, 3.63) is 64.1 Å². The molecule has 0 saturated carbocycles. The van der Waals surface area contributed by atoms with Crippen molar-refractivity contribution in [3.8, 4) is 0 Å². The zero-order chi connectivity index (χ0) is 11.4. The van der Waals surface area contributed by atoms with Gasteiger partial charge >= 0.3 is 0 Å². The monoisotopic (exact) mass is 292 g/mol. The van der Waals surface area contributed by atoms with Gasteiger partial charge in [-0.1, -0.05) is 45.8 Å². The Morgan fingerprint density at radius 3 is 2.50 bits per heavy atom. The molecule has 0 radical (unpaired) electrons. The SMILES string of the molecule is Cc1ccc(SCc2cccc(Br)c2)cc1. The summed E-state index contributed by atoms with van der Waals surface area (Å²) in [5, 5.41) is 0. The van der Waals surface area contributed by atoms with Crippen LogP contribution in [0.25, 0.3) is 0 Å². The van der Waals surface area contributed by atoms with Crippen molar-refractivity contribution in [3.63, 3.8) is 0 Å². The topological polar surface area (TPSA) is 0 Å². The van der Waals surface area contributed by atoms with Gasteiger partial charge in [0.25, 0.3) is 0 Å². The fourth-order valence-corrected chi connectivity index (χ4v) is 2.72. The second kappa shape index (κ2) is 5.55. The number of hydrogen-bond acceptors (Lipinski definition) is 1. The van der Waals surface area contributed by atoms with Gasteiger partial charge in [-0.2, -0.15) is 0 Å². The number of rotatable bonds is 3. The van der Waals surface area contributed by atoms with Gasteiger partial charge in [0.05, 0.1) is 0 Å². The zero-order valence-electron chi connectivity index (χ0n) is 9.11. The lowest BCUT2D eigenvalue weighted by molar-refractivity contribution is 1.35. The van der Waals surface area contributed by atoms with Crippen LogP contribution in [0, 0.1) is 6.92 Å². The second-order valence-electron chi connectivity index (χ2n) is 3.73. The largest absolute Gasteiger partial charge is 0.121 e. The molecule has 0 spiro atoms. The molecule has 2 aromatic rings. The van der Waals surface area contributed by atoms with Crippen LogP contribution in [-0.2, 0) is 5.75 Å². The summed E-state index contributed by atoms with van der Waals surface area (Å²) in [6.45, 7) is 2.11. The van der Waals surface area contributed by atoms with Gasteiger partial charge in [0.1, 0.15) is 0 Å². The molecular weight excluding hydrogens is 280 g/mol. The fourth-order valence-electron chi connectivity index (χ4n) is 1.43. The van der Waals surface area contributed by atoms with Crippen LogP contribution in [-0.4, -0.2) is 0 Å². The van der Waals surface area contributed by atoms with Crippen molar-refractivity contribution in [1.29, 1.82) is 0 Å². The van der Waals surface area contributed by atoms with Gasteiger partial charge in [0, 0.05) is 15.1 Å². The molecule has 0 N–H and O–H groups in total. The molecule has 0 heterocycles. The predicted octanol–water partition coefficient (Wildman–Crippen LogP) is 5.05. The second-order valence-corrected chi connectivity index (χ2v) is 5.70. The van der Waals surface area contributed by atoms with E-state index in [-0.39, 0.29) is 0 Å². The highest BCUT2D eigenvalue weighted by atomic mass is 79.9. The van der Waals surface area contributed by atoms with E-state index >= 15 is 0 Å². The molecule has 0 saturated heterocycles. The van der Waals surface area contributed by atoms with Crippen molar-refractivity contribution in [2.75, 3.05) is 0 Å². The molecular formula is C14H13BrS. The smallest absolute Gasteiger partial charge is 0.0232 e. The molecule has 0 nitrogen and oxygen atoms in total. The Bertz CT molecular complexity index is 462. The van der Waals surface area contributed by atoms with Gasteiger partial charge in [-0.3, -0.25) is 0 Å². The van der Waals surface area contributed by atoms with Crippen LogP contribution in [0.15, 0.2) is 57.9 Å². The Labute approximate surface area is 109 Å². The van der Waals surface area contributed by atoms with Crippen LogP contribution in [0.4, 0.5) is 0 Å². The predicted molar refractivity (Wildman–Crippen MR) is 74.9 cm³/mol. The highest BCUT2D eigenvalue weighted by Gasteiger charge is 1.97. The lowest BCUT2D eigenvalue weighted by atomic mass is 10.2. The number of benzene rings is 2. The minimum absolute atomic E-state index is 1.02. The first kappa shape index (κ1) is 11.7. The summed E-state index contributed by atoms with van der Waals surface area (Å²) in [6.07, 6.45) is 0. The highest BCUT2D eigenvalue weighted by molar-refractivity contribution is 9.10. The van der Waals surface area contributed by atoms with E-state index in [1.807, 2.05) is 11.8 Å². The van der Waals surface area contributed by atoms with E-state index in [0.717, 1.165) is 10.2 Å². The molecule has 82 valence electrons. The Kier molecular flexibility index (Phi) is 4.08. The summed E-state index contributed by atoms with van der Waals surface area (Å²) < 4.78 is 1.15.